The predicted octanol–water partition coefficient (Wildman–Crippen LogP) is 2.92. The van der Waals surface area contributed by atoms with Crippen molar-refractivity contribution in [2.24, 2.45) is 4.99 Å². The number of rotatable bonds is 3. The van der Waals surface area contributed by atoms with Gasteiger partial charge in [0.15, 0.2) is 11.6 Å². The van der Waals surface area contributed by atoms with Crippen molar-refractivity contribution in [3.63, 3.8) is 0 Å². The molecular weight excluding hydrogens is 277 g/mol. The molecule has 0 spiro atoms. The lowest BCUT2D eigenvalue weighted by Crippen LogP contribution is -2.04. The zero-order valence-corrected chi connectivity index (χ0v) is 10.2. The van der Waals surface area contributed by atoms with E-state index < -0.39 is 11.4 Å². The van der Waals surface area contributed by atoms with Crippen LogP contribution in [0.4, 0.5) is 4.39 Å². The lowest BCUT2D eigenvalue weighted by atomic mass is 10.1. The van der Waals surface area contributed by atoms with Crippen molar-refractivity contribution in [2.45, 2.75) is 18.4 Å². The third-order valence-corrected chi connectivity index (χ3v) is 3.31. The van der Waals surface area contributed by atoms with Gasteiger partial charge in [-0.05, 0) is 46.5 Å². The number of hydrogen-bond donors (Lipinski definition) is 0. The highest BCUT2D eigenvalue weighted by molar-refractivity contribution is 9.10. The van der Waals surface area contributed by atoms with Gasteiger partial charge in [-0.1, -0.05) is 0 Å². The second-order valence-electron chi connectivity index (χ2n) is 3.71. The van der Waals surface area contributed by atoms with Crippen molar-refractivity contribution >= 4 is 22.0 Å². The largest absolute Gasteiger partial charge is 0.492 e. The van der Waals surface area contributed by atoms with Gasteiger partial charge in [0.1, 0.15) is 0 Å². The van der Waals surface area contributed by atoms with Gasteiger partial charge in [0, 0.05) is 0 Å². The average Bonchev–Trinajstić information content (AvgIpc) is 2.99. The molecular formula is C11H9BrFNO2. The minimum absolute atomic E-state index is 0.162. The fourth-order valence-electron chi connectivity index (χ4n) is 1.69. The molecule has 1 aromatic carbocycles. The lowest BCUT2D eigenvalue weighted by molar-refractivity contribution is 0.383. The van der Waals surface area contributed by atoms with Crippen LogP contribution in [-0.2, 0) is 10.3 Å². The smallest absolute Gasteiger partial charge is 0.235 e. The van der Waals surface area contributed by atoms with E-state index in [0.29, 0.717) is 10.0 Å². The van der Waals surface area contributed by atoms with Gasteiger partial charge >= 0.3 is 0 Å². The van der Waals surface area contributed by atoms with Crippen molar-refractivity contribution in [1.82, 2.24) is 0 Å². The topological polar surface area (TPSA) is 38.7 Å². The van der Waals surface area contributed by atoms with Crippen molar-refractivity contribution in [3.05, 3.63) is 28.0 Å². The maximum atomic E-state index is 13.6. The number of halogens is 2. The summed E-state index contributed by atoms with van der Waals surface area (Å²) in [7, 11) is 1.40. The van der Waals surface area contributed by atoms with E-state index in [0.717, 1.165) is 12.8 Å². The number of nitrogens with zero attached hydrogens (tertiary/aromatic N) is 1. The fourth-order valence-corrected chi connectivity index (χ4v) is 2.29. The van der Waals surface area contributed by atoms with Gasteiger partial charge in [-0.3, -0.25) is 0 Å². The quantitative estimate of drug-likeness (QED) is 0.633. The van der Waals surface area contributed by atoms with Gasteiger partial charge in [-0.2, -0.15) is 4.99 Å². The molecule has 0 bridgehead atoms. The van der Waals surface area contributed by atoms with Gasteiger partial charge < -0.3 is 4.74 Å². The molecule has 0 heterocycles. The van der Waals surface area contributed by atoms with Crippen LogP contribution in [0.25, 0.3) is 0 Å². The molecule has 0 atom stereocenters. The predicted molar refractivity (Wildman–Crippen MR) is 59.7 cm³/mol. The Labute approximate surface area is 100 Å². The minimum atomic E-state index is -0.558. The van der Waals surface area contributed by atoms with E-state index in [1.165, 1.54) is 13.2 Å². The molecule has 1 saturated carbocycles. The summed E-state index contributed by atoms with van der Waals surface area (Å²) in [6, 6.07) is 3.09. The first-order valence-corrected chi connectivity index (χ1v) is 5.55. The Bertz CT molecular complexity index is 456. The molecule has 5 heteroatoms. The van der Waals surface area contributed by atoms with E-state index in [1.807, 2.05) is 0 Å². The van der Waals surface area contributed by atoms with E-state index in [9.17, 15) is 9.18 Å². The van der Waals surface area contributed by atoms with Gasteiger partial charge in [-0.25, -0.2) is 9.18 Å². The van der Waals surface area contributed by atoms with Crippen molar-refractivity contribution in [2.75, 3.05) is 7.11 Å². The highest BCUT2D eigenvalue weighted by atomic mass is 79.9. The van der Waals surface area contributed by atoms with Crippen molar-refractivity contribution in [3.8, 4) is 5.75 Å². The van der Waals surface area contributed by atoms with Crippen LogP contribution in [0.2, 0.25) is 0 Å². The van der Waals surface area contributed by atoms with Crippen LogP contribution < -0.4 is 4.74 Å². The summed E-state index contributed by atoms with van der Waals surface area (Å²) in [5.41, 5.74) is 0.123. The highest BCUT2D eigenvalue weighted by Crippen LogP contribution is 2.50. The Morgan fingerprint density at radius 1 is 1.56 bits per heavy atom. The number of aliphatic imine (C=N–C) groups is 1. The number of hydrogen-bond acceptors (Lipinski definition) is 3. The number of ether oxygens (including phenoxy) is 1. The maximum Gasteiger partial charge on any atom is 0.235 e. The van der Waals surface area contributed by atoms with Gasteiger partial charge in [0.25, 0.3) is 0 Å². The first-order chi connectivity index (χ1) is 7.63. The molecule has 16 heavy (non-hydrogen) atoms. The normalized spacial score (nSPS) is 16.4. The van der Waals surface area contributed by atoms with E-state index >= 15 is 0 Å². The monoisotopic (exact) mass is 285 g/mol. The summed E-state index contributed by atoms with van der Waals surface area (Å²) in [5, 5.41) is 0. The SMILES string of the molecule is COc1c(F)cc(C2(N=C=O)CC2)cc1Br. The van der Waals surface area contributed by atoms with Crippen molar-refractivity contribution < 1.29 is 13.9 Å². The maximum absolute atomic E-state index is 13.6. The summed E-state index contributed by atoms with van der Waals surface area (Å²) in [4.78, 5) is 14.0. The molecule has 0 N–H and O–H groups in total. The van der Waals surface area contributed by atoms with Crippen LogP contribution in [0.3, 0.4) is 0 Å². The first kappa shape index (κ1) is 11.3. The number of methoxy groups -OCH3 is 1. The molecule has 1 aromatic rings. The van der Waals surface area contributed by atoms with Crippen LogP contribution in [-0.4, -0.2) is 13.2 Å². The Kier molecular flexibility index (Phi) is 2.82. The third kappa shape index (κ3) is 1.77. The zero-order valence-electron chi connectivity index (χ0n) is 8.59. The molecule has 84 valence electrons. The van der Waals surface area contributed by atoms with Crippen molar-refractivity contribution in [1.29, 1.82) is 0 Å². The molecule has 0 saturated heterocycles. The van der Waals surface area contributed by atoms with E-state index in [1.54, 1.807) is 12.1 Å². The molecule has 0 radical (unpaired) electrons. The molecule has 1 fully saturated rings. The summed E-state index contributed by atoms with van der Waals surface area (Å²) in [6.45, 7) is 0. The molecule has 0 aromatic heterocycles. The number of isocyanates is 1. The summed E-state index contributed by atoms with van der Waals surface area (Å²) >= 11 is 3.22. The average molecular weight is 286 g/mol. The fraction of sp³-hybridized carbons (Fsp3) is 0.364. The van der Waals surface area contributed by atoms with Crippen LogP contribution in [0.15, 0.2) is 21.6 Å². The standard InChI is InChI=1S/C11H9BrFNO2/c1-16-10-8(12)4-7(5-9(10)13)11(2-3-11)14-6-15/h4-5H,2-3H2,1H3. The van der Waals surface area contributed by atoms with Crippen LogP contribution >= 0.6 is 15.9 Å². The van der Waals surface area contributed by atoms with E-state index in [4.69, 9.17) is 4.74 Å². The van der Waals surface area contributed by atoms with Crippen LogP contribution in [0.5, 0.6) is 5.75 Å². The highest BCUT2D eigenvalue weighted by Gasteiger charge is 2.45. The Balaban J connectivity index is 2.48. The zero-order chi connectivity index (χ0) is 11.8. The first-order valence-electron chi connectivity index (χ1n) is 4.75. The minimum Gasteiger partial charge on any atom is -0.492 e. The molecule has 1 aliphatic rings. The van der Waals surface area contributed by atoms with E-state index in [2.05, 4.69) is 20.9 Å². The van der Waals surface area contributed by atoms with E-state index in [-0.39, 0.29) is 5.75 Å². The third-order valence-electron chi connectivity index (χ3n) is 2.72. The lowest BCUT2D eigenvalue weighted by Gasteiger charge is -2.11. The van der Waals surface area contributed by atoms with Gasteiger partial charge in [-0.15, -0.1) is 0 Å². The number of benzene rings is 1. The molecule has 0 amide bonds. The Morgan fingerprint density at radius 3 is 2.69 bits per heavy atom. The molecule has 0 aliphatic heterocycles. The molecule has 0 unspecified atom stereocenters. The van der Waals surface area contributed by atoms with Gasteiger partial charge in [0.05, 0.1) is 17.1 Å². The second kappa shape index (κ2) is 4.00. The molecule has 1 aliphatic carbocycles. The Morgan fingerprint density at radius 2 is 2.25 bits per heavy atom. The summed E-state index contributed by atoms with van der Waals surface area (Å²) < 4.78 is 19.0. The number of carbonyl (C=O) groups excluding carboxylic acids is 1. The van der Waals surface area contributed by atoms with Crippen LogP contribution in [0, 0.1) is 5.82 Å². The molecule has 3 nitrogen and oxygen atoms in total. The second-order valence-corrected chi connectivity index (χ2v) is 4.56. The van der Waals surface area contributed by atoms with Crippen LogP contribution in [0.1, 0.15) is 18.4 Å². The summed E-state index contributed by atoms with van der Waals surface area (Å²) in [6.07, 6.45) is 3.04. The Hall–Kier alpha value is -1.19. The molecule has 2 rings (SSSR count). The van der Waals surface area contributed by atoms with Gasteiger partial charge in [0.2, 0.25) is 6.08 Å². The summed E-state index contributed by atoms with van der Waals surface area (Å²) in [5.74, 6) is -0.297.